The van der Waals surface area contributed by atoms with Crippen LogP contribution >= 0.6 is 0 Å². The van der Waals surface area contributed by atoms with Crippen molar-refractivity contribution in [2.24, 2.45) is 34.5 Å². The SMILES string of the molecule is C[C@]12C=CC(=O)C[C@H]1CC[C@@H]1[C@@H]2CC[C@]2(C)[C@H](O)CC[C@@H]12. The van der Waals surface area contributed by atoms with Gasteiger partial charge < -0.3 is 5.11 Å². The molecule has 0 aromatic heterocycles. The number of hydrogen-bond donors (Lipinski definition) is 1. The molecule has 0 bridgehead atoms. The molecule has 0 spiro atoms. The second-order valence-corrected chi connectivity index (χ2v) is 8.66. The number of rotatable bonds is 0. The summed E-state index contributed by atoms with van der Waals surface area (Å²) in [4.78, 5) is 11.8. The first kappa shape index (κ1) is 14.0. The average Bonchev–Trinajstić information content (AvgIpc) is 2.76. The maximum atomic E-state index is 11.8. The Morgan fingerprint density at radius 3 is 2.71 bits per heavy atom. The van der Waals surface area contributed by atoms with Gasteiger partial charge in [-0.15, -0.1) is 0 Å². The lowest BCUT2D eigenvalue weighted by atomic mass is 9.46. The predicted octanol–water partition coefficient (Wildman–Crippen LogP) is 3.74. The molecule has 0 aromatic rings. The number of allylic oxidation sites excluding steroid dienone is 2. The number of aliphatic hydroxyl groups excluding tert-OH is 1. The van der Waals surface area contributed by atoms with Crippen molar-refractivity contribution in [3.8, 4) is 0 Å². The van der Waals surface area contributed by atoms with E-state index < -0.39 is 0 Å². The monoisotopic (exact) mass is 288 g/mol. The van der Waals surface area contributed by atoms with Crippen molar-refractivity contribution in [1.29, 1.82) is 0 Å². The van der Waals surface area contributed by atoms with Gasteiger partial charge in [-0.1, -0.05) is 19.9 Å². The van der Waals surface area contributed by atoms with E-state index >= 15 is 0 Å². The molecule has 2 heteroatoms. The first-order chi connectivity index (χ1) is 9.95. The number of aliphatic hydroxyl groups is 1. The van der Waals surface area contributed by atoms with E-state index in [9.17, 15) is 9.90 Å². The van der Waals surface area contributed by atoms with E-state index in [4.69, 9.17) is 0 Å². The lowest BCUT2D eigenvalue weighted by Gasteiger charge is -2.58. The summed E-state index contributed by atoms with van der Waals surface area (Å²) in [6.07, 6.45) is 11.9. The molecule has 0 amide bonds. The number of carbonyl (C=O) groups excluding carboxylic acids is 1. The predicted molar refractivity (Wildman–Crippen MR) is 82.6 cm³/mol. The summed E-state index contributed by atoms with van der Waals surface area (Å²) in [5.74, 6) is 3.08. The van der Waals surface area contributed by atoms with E-state index in [1.807, 2.05) is 6.08 Å². The zero-order valence-corrected chi connectivity index (χ0v) is 13.3. The summed E-state index contributed by atoms with van der Waals surface area (Å²) >= 11 is 0. The van der Waals surface area contributed by atoms with Crippen LogP contribution < -0.4 is 0 Å². The van der Waals surface area contributed by atoms with Crippen LogP contribution in [0.15, 0.2) is 12.2 Å². The van der Waals surface area contributed by atoms with E-state index in [1.54, 1.807) is 0 Å². The minimum atomic E-state index is -0.0857. The van der Waals surface area contributed by atoms with E-state index in [1.165, 1.54) is 32.1 Å². The lowest BCUT2D eigenvalue weighted by Crippen LogP contribution is -2.52. The Bertz CT molecular complexity index is 496. The van der Waals surface area contributed by atoms with Crippen molar-refractivity contribution in [2.45, 2.75) is 64.9 Å². The lowest BCUT2D eigenvalue weighted by molar-refractivity contribution is -0.123. The van der Waals surface area contributed by atoms with Crippen LogP contribution in [-0.4, -0.2) is 17.0 Å². The molecule has 4 aliphatic rings. The fourth-order valence-corrected chi connectivity index (χ4v) is 6.61. The van der Waals surface area contributed by atoms with Gasteiger partial charge in [-0.05, 0) is 79.1 Å². The Morgan fingerprint density at radius 2 is 1.90 bits per heavy atom. The number of ketones is 1. The third kappa shape index (κ3) is 1.78. The average molecular weight is 288 g/mol. The van der Waals surface area contributed by atoms with E-state index in [0.717, 1.165) is 24.7 Å². The summed E-state index contributed by atoms with van der Waals surface area (Å²) in [5, 5.41) is 10.4. The molecule has 116 valence electrons. The van der Waals surface area contributed by atoms with E-state index in [-0.39, 0.29) is 16.9 Å². The highest BCUT2D eigenvalue weighted by atomic mass is 16.3. The highest BCUT2D eigenvalue weighted by Gasteiger charge is 2.59. The van der Waals surface area contributed by atoms with Gasteiger partial charge in [0.1, 0.15) is 0 Å². The van der Waals surface area contributed by atoms with Crippen molar-refractivity contribution in [2.75, 3.05) is 0 Å². The largest absolute Gasteiger partial charge is 0.393 e. The smallest absolute Gasteiger partial charge is 0.155 e. The van der Waals surface area contributed by atoms with Crippen LogP contribution in [0.3, 0.4) is 0 Å². The van der Waals surface area contributed by atoms with Gasteiger partial charge >= 0.3 is 0 Å². The van der Waals surface area contributed by atoms with Crippen LogP contribution in [0, 0.1) is 34.5 Å². The molecule has 0 heterocycles. The second-order valence-electron chi connectivity index (χ2n) is 8.66. The number of fused-ring (bicyclic) bond motifs is 5. The quantitative estimate of drug-likeness (QED) is 0.737. The van der Waals surface area contributed by atoms with Gasteiger partial charge in [0.25, 0.3) is 0 Å². The van der Waals surface area contributed by atoms with Crippen LogP contribution in [0.25, 0.3) is 0 Å². The van der Waals surface area contributed by atoms with Gasteiger partial charge in [0.05, 0.1) is 6.10 Å². The first-order valence-corrected chi connectivity index (χ1v) is 8.85. The third-order valence-electron chi connectivity index (χ3n) is 7.99. The van der Waals surface area contributed by atoms with Crippen LogP contribution in [0.4, 0.5) is 0 Å². The van der Waals surface area contributed by atoms with E-state index in [0.29, 0.717) is 17.6 Å². The van der Waals surface area contributed by atoms with Crippen molar-refractivity contribution < 1.29 is 9.90 Å². The molecule has 0 unspecified atom stereocenters. The van der Waals surface area contributed by atoms with Gasteiger partial charge in [0, 0.05) is 6.42 Å². The maximum Gasteiger partial charge on any atom is 0.155 e. The van der Waals surface area contributed by atoms with Gasteiger partial charge in [0.15, 0.2) is 5.78 Å². The van der Waals surface area contributed by atoms with Gasteiger partial charge in [-0.25, -0.2) is 0 Å². The molecule has 7 atom stereocenters. The fraction of sp³-hybridized carbons (Fsp3) is 0.842. The summed E-state index contributed by atoms with van der Waals surface area (Å²) in [7, 11) is 0. The molecule has 0 saturated heterocycles. The highest BCUT2D eigenvalue weighted by molar-refractivity contribution is 5.91. The van der Waals surface area contributed by atoms with E-state index in [2.05, 4.69) is 19.9 Å². The fourth-order valence-electron chi connectivity index (χ4n) is 6.61. The van der Waals surface area contributed by atoms with Crippen molar-refractivity contribution >= 4 is 5.78 Å². The molecular formula is C19H28O2. The van der Waals surface area contributed by atoms with Crippen LogP contribution in [0.5, 0.6) is 0 Å². The molecule has 2 nitrogen and oxygen atoms in total. The third-order valence-corrected chi connectivity index (χ3v) is 7.99. The topological polar surface area (TPSA) is 37.3 Å². The first-order valence-electron chi connectivity index (χ1n) is 8.85. The molecule has 21 heavy (non-hydrogen) atoms. The standard InChI is InChI=1S/C19H28O2/c1-18-9-7-13(20)11-12(18)3-4-14-15-5-6-17(21)19(15,2)10-8-16(14)18/h7,9,12,14-17,21H,3-6,8,10-11H2,1-2H3/t12-,14+,15+,16+,17-,18+,19+/m1/s1. The van der Waals surface area contributed by atoms with Crippen LogP contribution in [0.1, 0.15) is 58.8 Å². The normalized spacial score (nSPS) is 55.8. The summed E-state index contributed by atoms with van der Waals surface area (Å²) in [6.45, 7) is 4.74. The molecule has 4 rings (SSSR count). The van der Waals surface area contributed by atoms with Crippen molar-refractivity contribution in [1.82, 2.24) is 0 Å². The Morgan fingerprint density at radius 1 is 1.10 bits per heavy atom. The summed E-state index contributed by atoms with van der Waals surface area (Å²) in [5.41, 5.74) is 0.393. The van der Waals surface area contributed by atoms with Gasteiger partial charge in [0.2, 0.25) is 0 Å². The Balaban J connectivity index is 1.68. The molecular weight excluding hydrogens is 260 g/mol. The maximum absolute atomic E-state index is 11.8. The van der Waals surface area contributed by atoms with Gasteiger partial charge in [-0.2, -0.15) is 0 Å². The van der Waals surface area contributed by atoms with Crippen LogP contribution in [-0.2, 0) is 4.79 Å². The minimum Gasteiger partial charge on any atom is -0.393 e. The molecule has 4 aliphatic carbocycles. The molecule has 3 fully saturated rings. The second kappa shape index (κ2) is 4.44. The Kier molecular flexibility index (Phi) is 2.96. The molecule has 0 aliphatic heterocycles. The highest BCUT2D eigenvalue weighted by Crippen LogP contribution is 2.64. The van der Waals surface area contributed by atoms with Crippen molar-refractivity contribution in [3.05, 3.63) is 12.2 Å². The summed E-state index contributed by atoms with van der Waals surface area (Å²) in [6, 6.07) is 0. The van der Waals surface area contributed by atoms with Gasteiger partial charge in [-0.3, -0.25) is 4.79 Å². The molecule has 3 saturated carbocycles. The van der Waals surface area contributed by atoms with Crippen LogP contribution in [0.2, 0.25) is 0 Å². The Hall–Kier alpha value is -0.630. The minimum absolute atomic E-state index is 0.0857. The van der Waals surface area contributed by atoms with Crippen molar-refractivity contribution in [3.63, 3.8) is 0 Å². The zero-order chi connectivity index (χ0) is 14.8. The molecule has 0 aromatic carbocycles. The zero-order valence-electron chi connectivity index (χ0n) is 13.3. The summed E-state index contributed by atoms with van der Waals surface area (Å²) < 4.78 is 0. The molecule has 1 N–H and O–H groups in total. The molecule has 0 radical (unpaired) electrons. The number of hydrogen-bond acceptors (Lipinski definition) is 2. The number of carbonyl (C=O) groups is 1. The Labute approximate surface area is 128 Å².